The predicted molar refractivity (Wildman–Crippen MR) is 72.3 cm³/mol. The molecule has 1 amide bonds. The molecule has 0 heterocycles. The summed E-state index contributed by atoms with van der Waals surface area (Å²) < 4.78 is 0. The number of hydrogen-bond acceptors (Lipinski definition) is 3. The van der Waals surface area contributed by atoms with Crippen molar-refractivity contribution in [1.29, 1.82) is 0 Å². The van der Waals surface area contributed by atoms with Gasteiger partial charge in [0.1, 0.15) is 6.04 Å². The van der Waals surface area contributed by atoms with E-state index in [-0.39, 0.29) is 17.9 Å². The minimum Gasteiger partial charge on any atom is -0.394 e. The number of aliphatic hydroxyl groups excluding tert-OH is 1. The molecule has 100 valence electrons. The van der Waals surface area contributed by atoms with Crippen molar-refractivity contribution in [3.05, 3.63) is 35.4 Å². The van der Waals surface area contributed by atoms with Gasteiger partial charge in [-0.2, -0.15) is 0 Å². The van der Waals surface area contributed by atoms with Crippen molar-refractivity contribution in [1.82, 2.24) is 5.32 Å². The number of carbonyl (C=O) groups is 1. The van der Waals surface area contributed by atoms with E-state index in [0.29, 0.717) is 6.54 Å². The number of nitrogens with one attached hydrogen (secondary N) is 1. The maximum Gasteiger partial charge on any atom is 0.239 e. The van der Waals surface area contributed by atoms with Crippen LogP contribution in [0.15, 0.2) is 24.3 Å². The molecule has 0 aromatic heterocycles. The number of carbonyl (C=O) groups excluding carboxylic acids is 1. The Kier molecular flexibility index (Phi) is 4.87. The lowest BCUT2D eigenvalue weighted by Crippen LogP contribution is -2.46. The van der Waals surface area contributed by atoms with Gasteiger partial charge >= 0.3 is 0 Å². The topological polar surface area (TPSA) is 75.4 Å². The van der Waals surface area contributed by atoms with Crippen LogP contribution < -0.4 is 11.1 Å². The first-order chi connectivity index (χ1) is 8.36. The van der Waals surface area contributed by atoms with Gasteiger partial charge < -0.3 is 16.2 Å². The smallest absolute Gasteiger partial charge is 0.239 e. The predicted octanol–water partition coefficient (Wildman–Crippen LogP) is 0.708. The highest BCUT2D eigenvalue weighted by atomic mass is 16.3. The lowest BCUT2D eigenvalue weighted by molar-refractivity contribution is -0.123. The fraction of sp³-hybridized carbons (Fsp3) is 0.500. The molecule has 4 heteroatoms. The van der Waals surface area contributed by atoms with Gasteiger partial charge in [-0.1, -0.05) is 43.7 Å². The van der Waals surface area contributed by atoms with E-state index in [1.807, 2.05) is 6.92 Å². The zero-order valence-electron chi connectivity index (χ0n) is 11.2. The number of amides is 1. The monoisotopic (exact) mass is 250 g/mol. The summed E-state index contributed by atoms with van der Waals surface area (Å²) in [6, 6.07) is 7.39. The van der Waals surface area contributed by atoms with Crippen molar-refractivity contribution in [2.45, 2.75) is 32.2 Å². The first kappa shape index (κ1) is 14.7. The Morgan fingerprint density at radius 1 is 1.39 bits per heavy atom. The molecule has 1 aromatic rings. The van der Waals surface area contributed by atoms with Gasteiger partial charge in [0.2, 0.25) is 5.91 Å². The highest BCUT2D eigenvalue weighted by Crippen LogP contribution is 2.22. The van der Waals surface area contributed by atoms with Crippen molar-refractivity contribution >= 4 is 5.91 Å². The Bertz CT molecular complexity index is 399. The SMILES string of the molecule is Cc1ccc(C(C)(C)CNC(=O)C(N)CO)cc1. The Morgan fingerprint density at radius 2 is 1.94 bits per heavy atom. The van der Waals surface area contributed by atoms with E-state index in [0.717, 1.165) is 5.56 Å². The molecule has 0 saturated carbocycles. The Labute approximate surface area is 108 Å². The number of benzene rings is 1. The molecular weight excluding hydrogens is 228 g/mol. The van der Waals surface area contributed by atoms with Gasteiger partial charge in [-0.15, -0.1) is 0 Å². The van der Waals surface area contributed by atoms with Gasteiger partial charge in [-0.05, 0) is 12.5 Å². The molecule has 0 fully saturated rings. The Hall–Kier alpha value is -1.39. The average molecular weight is 250 g/mol. The van der Waals surface area contributed by atoms with E-state index in [1.54, 1.807) is 0 Å². The molecule has 1 aromatic carbocycles. The molecule has 1 atom stereocenters. The summed E-state index contributed by atoms with van der Waals surface area (Å²) in [5, 5.41) is 11.6. The van der Waals surface area contributed by atoms with Crippen LogP contribution in [0.1, 0.15) is 25.0 Å². The third kappa shape index (κ3) is 3.82. The molecule has 0 saturated heterocycles. The van der Waals surface area contributed by atoms with Crippen LogP contribution >= 0.6 is 0 Å². The zero-order valence-corrected chi connectivity index (χ0v) is 11.2. The average Bonchev–Trinajstić information content (AvgIpc) is 2.35. The molecule has 0 bridgehead atoms. The normalized spacial score (nSPS) is 13.2. The van der Waals surface area contributed by atoms with E-state index < -0.39 is 6.04 Å². The summed E-state index contributed by atoms with van der Waals surface area (Å²) in [7, 11) is 0. The molecule has 1 rings (SSSR count). The van der Waals surface area contributed by atoms with Crippen molar-refractivity contribution in [3.63, 3.8) is 0 Å². The first-order valence-corrected chi connectivity index (χ1v) is 6.08. The van der Waals surface area contributed by atoms with Crippen molar-refractivity contribution < 1.29 is 9.90 Å². The summed E-state index contributed by atoms with van der Waals surface area (Å²) in [5.74, 6) is -0.322. The molecule has 0 spiro atoms. The lowest BCUT2D eigenvalue weighted by atomic mass is 9.84. The second kappa shape index (κ2) is 5.98. The Balaban J connectivity index is 2.65. The maximum atomic E-state index is 11.5. The number of nitrogens with two attached hydrogens (primary N) is 1. The fourth-order valence-electron chi connectivity index (χ4n) is 1.63. The van der Waals surface area contributed by atoms with Crippen LogP contribution in [-0.2, 0) is 10.2 Å². The number of hydrogen-bond donors (Lipinski definition) is 3. The van der Waals surface area contributed by atoms with Crippen molar-refractivity contribution in [3.8, 4) is 0 Å². The lowest BCUT2D eigenvalue weighted by Gasteiger charge is -2.26. The zero-order chi connectivity index (χ0) is 13.8. The van der Waals surface area contributed by atoms with Gasteiger partial charge in [-0.3, -0.25) is 4.79 Å². The molecule has 0 radical (unpaired) electrons. The summed E-state index contributed by atoms with van der Waals surface area (Å²) in [6.07, 6.45) is 0. The molecule has 0 aliphatic rings. The van der Waals surface area contributed by atoms with Crippen LogP contribution in [0, 0.1) is 6.92 Å². The van der Waals surface area contributed by atoms with Crippen LogP contribution in [-0.4, -0.2) is 30.2 Å². The van der Waals surface area contributed by atoms with Crippen LogP contribution in [0.3, 0.4) is 0 Å². The van der Waals surface area contributed by atoms with E-state index >= 15 is 0 Å². The minimum atomic E-state index is -0.848. The third-order valence-corrected chi connectivity index (χ3v) is 3.07. The van der Waals surface area contributed by atoms with Gasteiger partial charge in [0, 0.05) is 12.0 Å². The molecule has 4 N–H and O–H groups in total. The summed E-state index contributed by atoms with van der Waals surface area (Å²) in [6.45, 7) is 6.31. The minimum absolute atomic E-state index is 0.168. The Morgan fingerprint density at radius 3 is 2.44 bits per heavy atom. The molecule has 0 aliphatic heterocycles. The standard InChI is InChI=1S/C14H22N2O2/c1-10-4-6-11(7-5-10)14(2,3)9-16-13(18)12(15)8-17/h4-7,12,17H,8-9,15H2,1-3H3,(H,16,18). The number of aryl methyl sites for hydroxylation is 1. The van der Waals surface area contributed by atoms with Gasteiger partial charge in [0.25, 0.3) is 0 Å². The first-order valence-electron chi connectivity index (χ1n) is 6.08. The van der Waals surface area contributed by atoms with Crippen LogP contribution in [0.25, 0.3) is 0 Å². The second-order valence-electron chi connectivity index (χ2n) is 5.26. The molecule has 1 unspecified atom stereocenters. The molecule has 0 aliphatic carbocycles. The number of rotatable bonds is 5. The summed E-state index contributed by atoms with van der Waals surface area (Å²) >= 11 is 0. The second-order valence-corrected chi connectivity index (χ2v) is 5.26. The van der Waals surface area contributed by atoms with Gasteiger partial charge in [-0.25, -0.2) is 0 Å². The van der Waals surface area contributed by atoms with Crippen molar-refractivity contribution in [2.75, 3.05) is 13.2 Å². The van der Waals surface area contributed by atoms with E-state index in [9.17, 15) is 4.79 Å². The highest BCUT2D eigenvalue weighted by molar-refractivity contribution is 5.81. The summed E-state index contributed by atoms with van der Waals surface area (Å²) in [4.78, 5) is 11.5. The van der Waals surface area contributed by atoms with Crippen molar-refractivity contribution in [2.24, 2.45) is 5.73 Å². The number of aliphatic hydroxyl groups is 1. The fourth-order valence-corrected chi connectivity index (χ4v) is 1.63. The van der Waals surface area contributed by atoms with Crippen LogP contribution in [0.4, 0.5) is 0 Å². The third-order valence-electron chi connectivity index (χ3n) is 3.07. The highest BCUT2D eigenvalue weighted by Gasteiger charge is 2.22. The van der Waals surface area contributed by atoms with E-state index in [2.05, 4.69) is 43.4 Å². The molecule has 18 heavy (non-hydrogen) atoms. The van der Waals surface area contributed by atoms with Crippen LogP contribution in [0.2, 0.25) is 0 Å². The van der Waals surface area contributed by atoms with Gasteiger partial charge in [0.15, 0.2) is 0 Å². The maximum absolute atomic E-state index is 11.5. The van der Waals surface area contributed by atoms with E-state index in [4.69, 9.17) is 10.8 Å². The molecular formula is C14H22N2O2. The van der Waals surface area contributed by atoms with E-state index in [1.165, 1.54) is 5.56 Å². The summed E-state index contributed by atoms with van der Waals surface area (Å²) in [5.41, 5.74) is 7.64. The molecule has 4 nitrogen and oxygen atoms in total. The quantitative estimate of drug-likeness (QED) is 0.720. The van der Waals surface area contributed by atoms with Crippen LogP contribution in [0.5, 0.6) is 0 Å². The largest absolute Gasteiger partial charge is 0.394 e. The van der Waals surface area contributed by atoms with Gasteiger partial charge in [0.05, 0.1) is 6.61 Å².